The Morgan fingerprint density at radius 1 is 1.17 bits per heavy atom. The SMILES string of the molecule is O=C(CCCc1c[nH]c2ccccc12)N1CCC2(CC1)OCCO2. The number of benzene rings is 1. The summed E-state index contributed by atoms with van der Waals surface area (Å²) in [7, 11) is 0. The molecule has 1 aromatic heterocycles. The molecule has 0 saturated carbocycles. The molecule has 5 heteroatoms. The van der Waals surface area contributed by atoms with E-state index in [1.54, 1.807) is 0 Å². The van der Waals surface area contributed by atoms with E-state index in [0.29, 0.717) is 19.6 Å². The van der Waals surface area contributed by atoms with Crippen molar-refractivity contribution in [1.82, 2.24) is 9.88 Å². The number of aromatic amines is 1. The van der Waals surface area contributed by atoms with Gasteiger partial charge >= 0.3 is 0 Å². The van der Waals surface area contributed by atoms with Gasteiger partial charge in [0.05, 0.1) is 13.2 Å². The number of hydrogen-bond donors (Lipinski definition) is 1. The third-order valence-corrected chi connectivity index (χ3v) is 5.20. The largest absolute Gasteiger partial charge is 0.361 e. The zero-order chi connectivity index (χ0) is 16.4. The first kappa shape index (κ1) is 15.7. The van der Waals surface area contributed by atoms with E-state index in [-0.39, 0.29) is 5.91 Å². The topological polar surface area (TPSA) is 54.6 Å². The van der Waals surface area contributed by atoms with Gasteiger partial charge in [-0.25, -0.2) is 0 Å². The van der Waals surface area contributed by atoms with Gasteiger partial charge in [-0.15, -0.1) is 0 Å². The molecule has 4 rings (SSSR count). The summed E-state index contributed by atoms with van der Waals surface area (Å²) in [5.41, 5.74) is 2.46. The lowest BCUT2D eigenvalue weighted by Crippen LogP contribution is -2.47. The summed E-state index contributed by atoms with van der Waals surface area (Å²) in [6.07, 6.45) is 6.07. The van der Waals surface area contributed by atoms with Crippen LogP contribution in [0.1, 0.15) is 31.2 Å². The van der Waals surface area contributed by atoms with Crippen molar-refractivity contribution < 1.29 is 14.3 Å². The van der Waals surface area contributed by atoms with E-state index in [4.69, 9.17) is 9.47 Å². The second kappa shape index (κ2) is 6.57. The zero-order valence-electron chi connectivity index (χ0n) is 13.9. The number of aryl methyl sites for hydroxylation is 1. The lowest BCUT2D eigenvalue weighted by molar-refractivity contribution is -0.187. The van der Waals surface area contributed by atoms with E-state index in [1.807, 2.05) is 11.0 Å². The Hall–Kier alpha value is -1.85. The van der Waals surface area contributed by atoms with Crippen LogP contribution in [0.25, 0.3) is 10.9 Å². The molecule has 1 spiro atoms. The van der Waals surface area contributed by atoms with Crippen molar-refractivity contribution in [2.24, 2.45) is 0 Å². The Balaban J connectivity index is 1.26. The molecule has 128 valence electrons. The average Bonchev–Trinajstić information content (AvgIpc) is 3.23. The molecule has 2 fully saturated rings. The van der Waals surface area contributed by atoms with Crippen molar-refractivity contribution in [3.63, 3.8) is 0 Å². The molecule has 0 atom stereocenters. The van der Waals surface area contributed by atoms with Crippen LogP contribution in [0.15, 0.2) is 30.5 Å². The van der Waals surface area contributed by atoms with Crippen LogP contribution in [-0.4, -0.2) is 47.9 Å². The molecule has 2 aliphatic heterocycles. The second-order valence-electron chi connectivity index (χ2n) is 6.70. The van der Waals surface area contributed by atoms with Gasteiger partial charge in [-0.05, 0) is 24.5 Å². The van der Waals surface area contributed by atoms with E-state index >= 15 is 0 Å². The van der Waals surface area contributed by atoms with Gasteiger partial charge in [0.1, 0.15) is 0 Å². The number of piperidine rings is 1. The Labute approximate surface area is 141 Å². The molecule has 2 aliphatic rings. The second-order valence-corrected chi connectivity index (χ2v) is 6.70. The van der Waals surface area contributed by atoms with E-state index in [2.05, 4.69) is 29.4 Å². The van der Waals surface area contributed by atoms with Gasteiger partial charge in [0.2, 0.25) is 5.91 Å². The zero-order valence-corrected chi connectivity index (χ0v) is 13.9. The highest BCUT2D eigenvalue weighted by Gasteiger charge is 2.40. The first-order chi connectivity index (χ1) is 11.8. The van der Waals surface area contributed by atoms with Crippen LogP contribution in [0.4, 0.5) is 0 Å². The smallest absolute Gasteiger partial charge is 0.222 e. The third-order valence-electron chi connectivity index (χ3n) is 5.20. The number of nitrogens with zero attached hydrogens (tertiary/aromatic N) is 1. The quantitative estimate of drug-likeness (QED) is 0.939. The predicted molar refractivity (Wildman–Crippen MR) is 91.7 cm³/mol. The molecule has 2 saturated heterocycles. The molecular weight excluding hydrogens is 304 g/mol. The molecular formula is C19H24N2O3. The highest BCUT2D eigenvalue weighted by atomic mass is 16.7. The van der Waals surface area contributed by atoms with Crippen molar-refractivity contribution in [2.75, 3.05) is 26.3 Å². The summed E-state index contributed by atoms with van der Waals surface area (Å²) in [4.78, 5) is 17.7. The van der Waals surface area contributed by atoms with E-state index in [1.165, 1.54) is 10.9 Å². The van der Waals surface area contributed by atoms with Crippen molar-refractivity contribution in [2.45, 2.75) is 37.9 Å². The van der Waals surface area contributed by atoms with Gasteiger partial charge < -0.3 is 19.4 Å². The monoisotopic (exact) mass is 328 g/mol. The first-order valence-corrected chi connectivity index (χ1v) is 8.86. The fourth-order valence-electron chi connectivity index (χ4n) is 3.81. The number of ether oxygens (including phenoxy) is 2. The summed E-state index contributed by atoms with van der Waals surface area (Å²) in [6, 6.07) is 8.31. The van der Waals surface area contributed by atoms with Gasteiger partial charge in [-0.3, -0.25) is 4.79 Å². The Kier molecular flexibility index (Phi) is 4.29. The minimum Gasteiger partial charge on any atom is -0.361 e. The van der Waals surface area contributed by atoms with E-state index < -0.39 is 5.79 Å². The Morgan fingerprint density at radius 2 is 1.92 bits per heavy atom. The number of likely N-dealkylation sites (tertiary alicyclic amines) is 1. The predicted octanol–water partition coefficient (Wildman–Crippen LogP) is 2.86. The minimum absolute atomic E-state index is 0.252. The fourth-order valence-corrected chi connectivity index (χ4v) is 3.81. The lowest BCUT2D eigenvalue weighted by Gasteiger charge is -2.37. The van der Waals surface area contributed by atoms with Crippen molar-refractivity contribution >= 4 is 16.8 Å². The number of carbonyl (C=O) groups is 1. The molecule has 2 aromatic rings. The molecule has 1 amide bonds. The fraction of sp³-hybridized carbons (Fsp3) is 0.526. The molecule has 1 N–H and O–H groups in total. The maximum Gasteiger partial charge on any atom is 0.222 e. The highest BCUT2D eigenvalue weighted by molar-refractivity contribution is 5.83. The summed E-state index contributed by atoms with van der Waals surface area (Å²) < 4.78 is 11.4. The van der Waals surface area contributed by atoms with E-state index in [9.17, 15) is 4.79 Å². The molecule has 0 unspecified atom stereocenters. The number of para-hydroxylation sites is 1. The summed E-state index contributed by atoms with van der Waals surface area (Å²) in [6.45, 7) is 2.84. The van der Waals surface area contributed by atoms with Gasteiger partial charge in [0, 0.05) is 49.5 Å². The van der Waals surface area contributed by atoms with Gasteiger partial charge in [-0.1, -0.05) is 18.2 Å². The molecule has 0 bridgehead atoms. The van der Waals surface area contributed by atoms with Gasteiger partial charge in [-0.2, -0.15) is 0 Å². The number of rotatable bonds is 4. The summed E-state index contributed by atoms with van der Waals surface area (Å²) in [5, 5.41) is 1.26. The van der Waals surface area contributed by atoms with E-state index in [0.717, 1.165) is 44.3 Å². The van der Waals surface area contributed by atoms with Gasteiger partial charge in [0.15, 0.2) is 5.79 Å². The maximum absolute atomic E-state index is 12.4. The number of carbonyl (C=O) groups excluding carboxylic acids is 1. The third kappa shape index (κ3) is 3.06. The number of amides is 1. The lowest BCUT2D eigenvalue weighted by atomic mass is 10.0. The minimum atomic E-state index is -0.402. The first-order valence-electron chi connectivity index (χ1n) is 8.86. The molecule has 1 aromatic carbocycles. The van der Waals surface area contributed by atoms with Crippen LogP contribution in [-0.2, 0) is 20.7 Å². The summed E-state index contributed by atoms with van der Waals surface area (Å²) in [5.74, 6) is -0.149. The number of nitrogens with one attached hydrogen (secondary N) is 1. The van der Waals surface area contributed by atoms with Crippen molar-refractivity contribution in [1.29, 1.82) is 0 Å². The molecule has 0 radical (unpaired) electrons. The molecule has 3 heterocycles. The van der Waals surface area contributed by atoms with Crippen LogP contribution in [0.3, 0.4) is 0 Å². The normalized spacial score (nSPS) is 20.1. The number of H-pyrrole nitrogens is 1. The molecule has 0 aliphatic carbocycles. The van der Waals surface area contributed by atoms with Crippen LogP contribution in [0.5, 0.6) is 0 Å². The summed E-state index contributed by atoms with van der Waals surface area (Å²) >= 11 is 0. The van der Waals surface area contributed by atoms with Crippen molar-refractivity contribution in [3.05, 3.63) is 36.0 Å². The van der Waals surface area contributed by atoms with Gasteiger partial charge in [0.25, 0.3) is 0 Å². The highest BCUT2D eigenvalue weighted by Crippen LogP contribution is 2.31. The molecule has 24 heavy (non-hydrogen) atoms. The van der Waals surface area contributed by atoms with Crippen LogP contribution in [0, 0.1) is 0 Å². The number of fused-ring (bicyclic) bond motifs is 1. The number of aromatic nitrogens is 1. The number of hydrogen-bond acceptors (Lipinski definition) is 3. The Morgan fingerprint density at radius 3 is 2.71 bits per heavy atom. The average molecular weight is 328 g/mol. The standard InChI is InChI=1S/C19H24N2O3/c22-18(21-10-8-19(9-11-21)23-12-13-24-19)7-3-4-15-14-20-17-6-2-1-5-16(15)17/h1-2,5-6,14,20H,3-4,7-13H2. The Bertz CT molecular complexity index is 708. The van der Waals surface area contributed by atoms with Crippen LogP contribution < -0.4 is 0 Å². The molecule has 5 nitrogen and oxygen atoms in total. The van der Waals surface area contributed by atoms with Crippen LogP contribution in [0.2, 0.25) is 0 Å². The maximum atomic E-state index is 12.4. The van der Waals surface area contributed by atoms with Crippen LogP contribution >= 0.6 is 0 Å². The van der Waals surface area contributed by atoms with Crippen molar-refractivity contribution in [3.8, 4) is 0 Å².